The quantitative estimate of drug-likeness (QED) is 0.538. The van der Waals surface area contributed by atoms with Crippen molar-refractivity contribution < 1.29 is 19.9 Å². The van der Waals surface area contributed by atoms with Crippen molar-refractivity contribution in [2.45, 2.75) is 115 Å². The molecule has 2 aliphatic heterocycles. The van der Waals surface area contributed by atoms with E-state index < -0.39 is 5.54 Å². The Morgan fingerprint density at radius 1 is 0.706 bits per heavy atom. The van der Waals surface area contributed by atoms with Crippen molar-refractivity contribution >= 4 is 10.8 Å². The van der Waals surface area contributed by atoms with Gasteiger partial charge >= 0.3 is 0 Å². The van der Waals surface area contributed by atoms with E-state index >= 15 is 0 Å². The van der Waals surface area contributed by atoms with Gasteiger partial charge in [-0.25, -0.2) is 0 Å². The summed E-state index contributed by atoms with van der Waals surface area (Å²) in [5.41, 5.74) is -1.48. The molecular weight excluding hydrogens is 428 g/mol. The highest BCUT2D eigenvalue weighted by Gasteiger charge is 2.53. The number of benzene rings is 2. The van der Waals surface area contributed by atoms with Crippen molar-refractivity contribution in [1.29, 1.82) is 0 Å². The van der Waals surface area contributed by atoms with E-state index in [1.807, 2.05) is 39.8 Å². The van der Waals surface area contributed by atoms with Crippen molar-refractivity contribution in [3.8, 4) is 11.5 Å². The van der Waals surface area contributed by atoms with Crippen molar-refractivity contribution in [3.63, 3.8) is 0 Å². The molecule has 2 heterocycles. The largest absolute Gasteiger partial charge is 0.490 e. The summed E-state index contributed by atoms with van der Waals surface area (Å²) in [6.45, 7) is 16.4. The van der Waals surface area contributed by atoms with Crippen LogP contribution in [0.4, 0.5) is 0 Å². The normalized spacial score (nSPS) is 28.5. The summed E-state index contributed by atoms with van der Waals surface area (Å²) >= 11 is 0. The Labute approximate surface area is 204 Å². The van der Waals surface area contributed by atoms with Crippen LogP contribution in [-0.4, -0.2) is 54.9 Å². The van der Waals surface area contributed by atoms with Gasteiger partial charge in [-0.15, -0.1) is 0 Å². The molecule has 6 nitrogen and oxygen atoms in total. The maximum Gasteiger partial charge on any atom is 0.121 e. The van der Waals surface area contributed by atoms with E-state index in [-0.39, 0.29) is 28.8 Å². The first-order valence-corrected chi connectivity index (χ1v) is 12.5. The molecule has 34 heavy (non-hydrogen) atoms. The minimum atomic E-state index is -0.482. The van der Waals surface area contributed by atoms with E-state index in [1.54, 1.807) is 0 Å². The third kappa shape index (κ3) is 4.66. The molecule has 2 saturated heterocycles. The number of hydrogen-bond donors (Lipinski definition) is 2. The van der Waals surface area contributed by atoms with Crippen LogP contribution in [0.1, 0.15) is 81.1 Å². The van der Waals surface area contributed by atoms with Crippen LogP contribution < -0.4 is 9.47 Å². The molecule has 2 aromatic rings. The summed E-state index contributed by atoms with van der Waals surface area (Å²) in [6.07, 6.45) is 3.14. The fraction of sp³-hybridized carbons (Fsp3) is 0.643. The molecule has 2 aliphatic rings. The smallest absolute Gasteiger partial charge is 0.121 e. The van der Waals surface area contributed by atoms with Gasteiger partial charge in [-0.05, 0) is 103 Å². The molecular formula is C28H42N2O4. The highest BCUT2D eigenvalue weighted by molar-refractivity contribution is 5.85. The molecule has 2 atom stereocenters. The molecule has 188 valence electrons. The fourth-order valence-corrected chi connectivity index (χ4v) is 5.88. The van der Waals surface area contributed by atoms with Crippen LogP contribution in [-0.2, 0) is 0 Å². The van der Waals surface area contributed by atoms with Gasteiger partial charge in [0.1, 0.15) is 23.7 Å². The van der Waals surface area contributed by atoms with Crippen molar-refractivity contribution in [2.75, 3.05) is 0 Å². The van der Waals surface area contributed by atoms with Gasteiger partial charge in [0, 0.05) is 29.5 Å². The van der Waals surface area contributed by atoms with Crippen LogP contribution in [0.25, 0.3) is 10.8 Å². The third-order valence-corrected chi connectivity index (χ3v) is 7.91. The Bertz CT molecular complexity index is 1050. The number of hydroxylamine groups is 4. The monoisotopic (exact) mass is 470 g/mol. The van der Waals surface area contributed by atoms with Gasteiger partial charge in [-0.3, -0.25) is 0 Å². The first-order valence-electron chi connectivity index (χ1n) is 12.5. The lowest BCUT2D eigenvalue weighted by Crippen LogP contribution is -2.52. The molecule has 6 heteroatoms. The minimum absolute atomic E-state index is 0.0281. The molecule has 2 unspecified atom stereocenters. The first-order chi connectivity index (χ1) is 15.6. The van der Waals surface area contributed by atoms with Crippen LogP contribution in [0.15, 0.2) is 36.4 Å². The van der Waals surface area contributed by atoms with Crippen molar-refractivity contribution in [2.24, 2.45) is 0 Å². The summed E-state index contributed by atoms with van der Waals surface area (Å²) in [5, 5.41) is 26.5. The van der Waals surface area contributed by atoms with Crippen LogP contribution in [0.3, 0.4) is 0 Å². The van der Waals surface area contributed by atoms with Gasteiger partial charge in [0.15, 0.2) is 0 Å². The molecule has 2 aromatic carbocycles. The second-order valence-corrected chi connectivity index (χ2v) is 12.7. The van der Waals surface area contributed by atoms with E-state index in [4.69, 9.17) is 9.47 Å². The van der Waals surface area contributed by atoms with Crippen LogP contribution in [0, 0.1) is 0 Å². The zero-order valence-corrected chi connectivity index (χ0v) is 22.1. The zero-order chi connectivity index (χ0) is 25.1. The van der Waals surface area contributed by atoms with E-state index in [0.717, 1.165) is 48.0 Å². The number of hydrogen-bond acceptors (Lipinski definition) is 6. The average molecular weight is 471 g/mol. The van der Waals surface area contributed by atoms with Crippen LogP contribution in [0.5, 0.6) is 11.5 Å². The lowest BCUT2D eigenvalue weighted by molar-refractivity contribution is -0.222. The number of ether oxygens (including phenoxy) is 2. The highest BCUT2D eigenvalue weighted by atomic mass is 16.5. The fourth-order valence-electron chi connectivity index (χ4n) is 5.88. The molecule has 0 bridgehead atoms. The molecule has 0 spiro atoms. The summed E-state index contributed by atoms with van der Waals surface area (Å²) in [4.78, 5) is 0. The Morgan fingerprint density at radius 2 is 1.26 bits per heavy atom. The van der Waals surface area contributed by atoms with Gasteiger partial charge in [0.05, 0.1) is 5.54 Å². The number of rotatable bonds is 4. The second kappa shape index (κ2) is 8.37. The maximum atomic E-state index is 10.7. The molecule has 4 rings (SSSR count). The summed E-state index contributed by atoms with van der Waals surface area (Å²) < 4.78 is 12.8. The summed E-state index contributed by atoms with van der Waals surface area (Å²) in [5.74, 6) is 1.63. The Kier molecular flexibility index (Phi) is 6.21. The van der Waals surface area contributed by atoms with Crippen molar-refractivity contribution in [1.82, 2.24) is 10.1 Å². The van der Waals surface area contributed by atoms with Crippen molar-refractivity contribution in [3.05, 3.63) is 36.4 Å². The highest BCUT2D eigenvalue weighted by Crippen LogP contribution is 2.42. The average Bonchev–Trinajstić information content (AvgIpc) is 2.84. The van der Waals surface area contributed by atoms with E-state index in [0.29, 0.717) is 0 Å². The maximum absolute atomic E-state index is 10.7. The predicted octanol–water partition coefficient (Wildman–Crippen LogP) is 6.42. The number of fused-ring (bicyclic) bond motifs is 1. The summed E-state index contributed by atoms with van der Waals surface area (Å²) in [7, 11) is 0. The third-order valence-electron chi connectivity index (χ3n) is 7.91. The van der Waals surface area contributed by atoms with Gasteiger partial charge in [0.25, 0.3) is 0 Å². The Hall–Kier alpha value is -1.86. The predicted molar refractivity (Wildman–Crippen MR) is 135 cm³/mol. The molecule has 0 amide bonds. The van der Waals surface area contributed by atoms with Gasteiger partial charge < -0.3 is 19.9 Å². The van der Waals surface area contributed by atoms with Crippen LogP contribution >= 0.6 is 0 Å². The standard InChI is InChI=1S/C28H42N2O4/c1-25(2)14-13-23(17-26(3,4)29(25)31)33-21-11-9-19-10-12-22(16-20(19)15-21)34-24-18-27(5,6)30(32)28(24,7)8/h9-12,15-16,23-24,31-32H,13-14,17-18H2,1-8H3. The molecule has 0 radical (unpaired) electrons. The van der Waals surface area contributed by atoms with Crippen LogP contribution in [0.2, 0.25) is 0 Å². The SMILES string of the molecule is CC1(C)CCC(Oc2ccc3ccc(OC4CC(C)(C)N(O)C4(C)C)cc3c2)CC(C)(C)N1O. The molecule has 0 aromatic heterocycles. The van der Waals surface area contributed by atoms with Gasteiger partial charge in [-0.1, -0.05) is 12.1 Å². The van der Waals surface area contributed by atoms with E-state index in [2.05, 4.69) is 52.0 Å². The topological polar surface area (TPSA) is 65.4 Å². The van der Waals surface area contributed by atoms with E-state index in [1.165, 1.54) is 10.1 Å². The summed E-state index contributed by atoms with van der Waals surface area (Å²) in [6, 6.07) is 12.3. The zero-order valence-electron chi connectivity index (χ0n) is 22.1. The van der Waals surface area contributed by atoms with Gasteiger partial charge in [-0.2, -0.15) is 10.1 Å². The Morgan fingerprint density at radius 3 is 1.82 bits per heavy atom. The first kappa shape index (κ1) is 25.2. The second-order valence-electron chi connectivity index (χ2n) is 12.7. The molecule has 2 fully saturated rings. The van der Waals surface area contributed by atoms with Gasteiger partial charge in [0.2, 0.25) is 0 Å². The lowest BCUT2D eigenvalue weighted by atomic mass is 9.95. The molecule has 2 N–H and O–H groups in total. The minimum Gasteiger partial charge on any atom is -0.490 e. The number of nitrogens with zero attached hydrogens (tertiary/aromatic N) is 2. The Balaban J connectivity index is 1.53. The lowest BCUT2D eigenvalue weighted by Gasteiger charge is -2.42. The molecule has 0 saturated carbocycles. The molecule has 0 aliphatic carbocycles. The van der Waals surface area contributed by atoms with E-state index in [9.17, 15) is 10.4 Å².